The van der Waals surface area contributed by atoms with Gasteiger partial charge in [0.25, 0.3) is 5.91 Å². The van der Waals surface area contributed by atoms with Gasteiger partial charge in [-0.05, 0) is 54.8 Å². The summed E-state index contributed by atoms with van der Waals surface area (Å²) >= 11 is 1.81. The van der Waals surface area contributed by atoms with Gasteiger partial charge in [-0.1, -0.05) is 25.1 Å². The largest absolute Gasteiger partial charge is 0.357 e. The number of guanidine groups is 1. The Hall–Kier alpha value is -2.34. The zero-order chi connectivity index (χ0) is 20.4. The van der Waals surface area contributed by atoms with Gasteiger partial charge in [0, 0.05) is 44.2 Å². The third-order valence-electron chi connectivity index (χ3n) is 4.32. The second-order valence-electron chi connectivity index (χ2n) is 7.19. The Morgan fingerprint density at radius 2 is 2.04 bits per heavy atom. The molecule has 1 aromatic heterocycles. The van der Waals surface area contributed by atoms with Crippen LogP contribution >= 0.6 is 11.3 Å². The van der Waals surface area contributed by atoms with Gasteiger partial charge in [0.2, 0.25) is 0 Å². The van der Waals surface area contributed by atoms with E-state index in [1.165, 1.54) is 4.88 Å². The summed E-state index contributed by atoms with van der Waals surface area (Å²) in [5.74, 6) is 1.38. The summed E-state index contributed by atoms with van der Waals surface area (Å²) in [6.07, 6.45) is 1.90. The third-order valence-corrected chi connectivity index (χ3v) is 5.22. The van der Waals surface area contributed by atoms with Crippen LogP contribution in [0.5, 0.6) is 0 Å². The molecular weight excluding hydrogens is 368 g/mol. The van der Waals surface area contributed by atoms with Crippen molar-refractivity contribution in [3.63, 3.8) is 0 Å². The van der Waals surface area contributed by atoms with E-state index in [1.807, 2.05) is 18.2 Å². The van der Waals surface area contributed by atoms with E-state index in [4.69, 9.17) is 4.99 Å². The number of amides is 1. The normalized spacial score (nSPS) is 12.5. The minimum Gasteiger partial charge on any atom is -0.357 e. The van der Waals surface area contributed by atoms with E-state index >= 15 is 0 Å². The number of nitrogens with zero attached hydrogens (tertiary/aromatic N) is 2. The molecule has 152 valence electrons. The lowest BCUT2D eigenvalue weighted by atomic mass is 10.1. The molecule has 0 radical (unpaired) electrons. The van der Waals surface area contributed by atoms with Crippen molar-refractivity contribution in [2.45, 2.75) is 26.7 Å². The number of aliphatic imine (C=N–C) groups is 1. The summed E-state index contributed by atoms with van der Waals surface area (Å²) < 4.78 is 0. The average Bonchev–Trinajstić information content (AvgIpc) is 3.18. The first-order chi connectivity index (χ1) is 13.5. The van der Waals surface area contributed by atoms with Crippen LogP contribution in [-0.2, 0) is 12.8 Å². The van der Waals surface area contributed by atoms with Crippen LogP contribution in [-0.4, -0.2) is 50.5 Å². The van der Waals surface area contributed by atoms with Gasteiger partial charge in [0.1, 0.15) is 0 Å². The highest BCUT2D eigenvalue weighted by atomic mass is 32.1. The van der Waals surface area contributed by atoms with Crippen LogP contribution in [0, 0.1) is 5.92 Å². The molecule has 5 nitrogen and oxygen atoms in total. The second-order valence-corrected chi connectivity index (χ2v) is 8.22. The molecule has 2 aromatic rings. The maximum atomic E-state index is 12.1. The van der Waals surface area contributed by atoms with Crippen molar-refractivity contribution >= 4 is 23.2 Å². The van der Waals surface area contributed by atoms with Crippen LogP contribution in [0.25, 0.3) is 0 Å². The lowest BCUT2D eigenvalue weighted by Gasteiger charge is -2.14. The number of benzene rings is 1. The van der Waals surface area contributed by atoms with E-state index < -0.39 is 0 Å². The minimum absolute atomic E-state index is 0.0319. The van der Waals surface area contributed by atoms with Crippen molar-refractivity contribution in [1.82, 2.24) is 15.5 Å². The summed E-state index contributed by atoms with van der Waals surface area (Å²) in [5.41, 5.74) is 1.87. The predicted molar refractivity (Wildman–Crippen MR) is 119 cm³/mol. The van der Waals surface area contributed by atoms with Crippen molar-refractivity contribution in [3.8, 4) is 0 Å². The van der Waals surface area contributed by atoms with Crippen molar-refractivity contribution in [2.24, 2.45) is 10.9 Å². The Labute approximate surface area is 172 Å². The highest BCUT2D eigenvalue weighted by Crippen LogP contribution is 2.14. The van der Waals surface area contributed by atoms with Gasteiger partial charge in [-0.2, -0.15) is 0 Å². The molecule has 0 spiro atoms. The van der Waals surface area contributed by atoms with Gasteiger partial charge in [0.15, 0.2) is 5.96 Å². The number of thiophene rings is 1. The fourth-order valence-electron chi connectivity index (χ4n) is 2.87. The van der Waals surface area contributed by atoms with Gasteiger partial charge < -0.3 is 15.5 Å². The van der Waals surface area contributed by atoms with Crippen LogP contribution in [0.3, 0.4) is 0 Å². The van der Waals surface area contributed by atoms with Crippen molar-refractivity contribution in [1.29, 1.82) is 0 Å². The first-order valence-electron chi connectivity index (χ1n) is 9.84. The molecular formula is C22H32N4OS. The molecule has 1 aromatic carbocycles. The fraction of sp³-hybridized carbons (Fsp3) is 0.455. The SMILES string of the molecule is CCNC(=NCC(C)Cc1cccs1)NCCc1cccc(C(=O)N(C)C)c1. The van der Waals surface area contributed by atoms with Crippen LogP contribution in [0.2, 0.25) is 0 Å². The van der Waals surface area contributed by atoms with Crippen molar-refractivity contribution < 1.29 is 4.79 Å². The lowest BCUT2D eigenvalue weighted by Crippen LogP contribution is -2.38. The number of carbonyl (C=O) groups excluding carboxylic acids is 1. The van der Waals surface area contributed by atoms with Crippen LogP contribution in [0.1, 0.15) is 34.6 Å². The van der Waals surface area contributed by atoms with Crippen molar-refractivity contribution in [2.75, 3.05) is 33.7 Å². The molecule has 0 saturated heterocycles. The van der Waals surface area contributed by atoms with Gasteiger partial charge in [-0.25, -0.2) is 0 Å². The summed E-state index contributed by atoms with van der Waals surface area (Å²) in [7, 11) is 3.55. The number of rotatable bonds is 9. The molecule has 0 aliphatic heterocycles. The van der Waals surface area contributed by atoms with Crippen LogP contribution in [0.4, 0.5) is 0 Å². The van der Waals surface area contributed by atoms with Crippen molar-refractivity contribution in [3.05, 3.63) is 57.8 Å². The molecule has 0 bridgehead atoms. The summed E-state index contributed by atoms with van der Waals surface area (Å²) in [4.78, 5) is 19.9. The molecule has 0 aliphatic carbocycles. The molecule has 1 heterocycles. The topological polar surface area (TPSA) is 56.7 Å². The zero-order valence-corrected chi connectivity index (χ0v) is 18.2. The van der Waals surface area contributed by atoms with Gasteiger partial charge in [-0.3, -0.25) is 9.79 Å². The van der Waals surface area contributed by atoms with Gasteiger partial charge in [0.05, 0.1) is 0 Å². The molecule has 1 unspecified atom stereocenters. The Balaban J connectivity index is 1.85. The maximum absolute atomic E-state index is 12.1. The smallest absolute Gasteiger partial charge is 0.253 e. The first-order valence-corrected chi connectivity index (χ1v) is 10.7. The molecule has 2 N–H and O–H groups in total. The Morgan fingerprint density at radius 3 is 2.71 bits per heavy atom. The Kier molecular flexibility index (Phi) is 9.01. The van der Waals surface area contributed by atoms with E-state index in [0.29, 0.717) is 5.92 Å². The summed E-state index contributed by atoms with van der Waals surface area (Å²) in [5, 5.41) is 8.83. The third kappa shape index (κ3) is 7.35. The Bertz CT molecular complexity index is 756. The number of hydrogen-bond acceptors (Lipinski definition) is 3. The molecule has 2 rings (SSSR count). The second kappa shape index (κ2) is 11.5. The summed E-state index contributed by atoms with van der Waals surface area (Å²) in [6, 6.07) is 12.1. The number of nitrogens with one attached hydrogen (secondary N) is 2. The highest BCUT2D eigenvalue weighted by molar-refractivity contribution is 7.09. The highest BCUT2D eigenvalue weighted by Gasteiger charge is 2.08. The van der Waals surface area contributed by atoms with Crippen LogP contribution < -0.4 is 10.6 Å². The molecule has 1 atom stereocenters. The van der Waals surface area contributed by atoms with E-state index in [1.54, 1.807) is 30.3 Å². The molecule has 28 heavy (non-hydrogen) atoms. The standard InChI is InChI=1S/C22H32N4OS/c1-5-23-22(25-16-17(2)14-20-10-7-13-28-20)24-12-11-18-8-6-9-19(15-18)21(27)26(3)4/h6-10,13,15,17H,5,11-12,14,16H2,1-4H3,(H2,23,24,25). The monoisotopic (exact) mass is 400 g/mol. The zero-order valence-electron chi connectivity index (χ0n) is 17.4. The van der Waals surface area contributed by atoms with Gasteiger partial charge >= 0.3 is 0 Å². The Morgan fingerprint density at radius 1 is 1.21 bits per heavy atom. The van der Waals surface area contributed by atoms with E-state index in [2.05, 4.69) is 48.1 Å². The quantitative estimate of drug-likeness (QED) is 0.501. The molecule has 6 heteroatoms. The molecule has 0 fully saturated rings. The molecule has 0 saturated carbocycles. The molecule has 0 aliphatic rings. The first kappa shape index (κ1) is 22.0. The summed E-state index contributed by atoms with van der Waals surface area (Å²) in [6.45, 7) is 6.70. The van der Waals surface area contributed by atoms with Crippen LogP contribution in [0.15, 0.2) is 46.8 Å². The number of carbonyl (C=O) groups is 1. The van der Waals surface area contributed by atoms with E-state index in [-0.39, 0.29) is 5.91 Å². The fourth-order valence-corrected chi connectivity index (χ4v) is 3.74. The number of hydrogen-bond donors (Lipinski definition) is 2. The minimum atomic E-state index is 0.0319. The van der Waals surface area contributed by atoms with E-state index in [0.717, 1.165) is 49.6 Å². The molecule has 1 amide bonds. The average molecular weight is 401 g/mol. The lowest BCUT2D eigenvalue weighted by molar-refractivity contribution is 0.0827. The predicted octanol–water partition coefficient (Wildman–Crippen LogP) is 3.43. The van der Waals surface area contributed by atoms with E-state index in [9.17, 15) is 4.79 Å². The maximum Gasteiger partial charge on any atom is 0.253 e. The van der Waals surface area contributed by atoms with Gasteiger partial charge in [-0.15, -0.1) is 11.3 Å².